The predicted octanol–water partition coefficient (Wildman–Crippen LogP) is 2.27. The van der Waals surface area contributed by atoms with Crippen LogP contribution in [0.2, 0.25) is 0 Å². The summed E-state index contributed by atoms with van der Waals surface area (Å²) in [4.78, 5) is 11.1. The minimum absolute atomic E-state index is 0.175. The van der Waals surface area contributed by atoms with Crippen molar-refractivity contribution >= 4 is 27.3 Å². The third-order valence-corrected chi connectivity index (χ3v) is 4.42. The van der Waals surface area contributed by atoms with E-state index in [9.17, 15) is 4.79 Å². The van der Waals surface area contributed by atoms with E-state index in [1.807, 2.05) is 0 Å². The topological polar surface area (TPSA) is 41.1 Å². The number of piperidine rings is 1. The molecule has 1 aliphatic heterocycles. The number of carbonyl (C=O) groups is 1. The normalized spacial score (nSPS) is 20.0. The van der Waals surface area contributed by atoms with Gasteiger partial charge >= 0.3 is 0 Å². The van der Waals surface area contributed by atoms with Gasteiger partial charge in [-0.25, -0.2) is 0 Å². The van der Waals surface area contributed by atoms with Gasteiger partial charge in [0.25, 0.3) is 0 Å². The van der Waals surface area contributed by atoms with Crippen LogP contribution in [-0.2, 0) is 11.3 Å². The minimum Gasteiger partial charge on any atom is -0.355 e. The second-order valence-corrected chi connectivity index (χ2v) is 5.59. The van der Waals surface area contributed by atoms with Crippen LogP contribution < -0.4 is 10.6 Å². The van der Waals surface area contributed by atoms with E-state index in [0.29, 0.717) is 12.5 Å². The first-order chi connectivity index (χ1) is 8.83. The van der Waals surface area contributed by atoms with E-state index in [2.05, 4.69) is 40.3 Å². The first-order valence-corrected chi connectivity index (χ1v) is 7.16. The molecule has 0 bridgehead atoms. The van der Waals surface area contributed by atoms with Gasteiger partial charge in [0, 0.05) is 30.3 Å². The summed E-state index contributed by atoms with van der Waals surface area (Å²) >= 11 is 1.79. The largest absolute Gasteiger partial charge is 0.355 e. The first kappa shape index (κ1) is 11.7. The average molecular weight is 260 g/mol. The molecule has 3 rings (SSSR count). The van der Waals surface area contributed by atoms with Crippen molar-refractivity contribution in [3.05, 3.63) is 35.2 Å². The van der Waals surface area contributed by atoms with Gasteiger partial charge in [0.2, 0.25) is 5.91 Å². The molecular formula is C14H16N2OS. The van der Waals surface area contributed by atoms with Crippen LogP contribution in [0.3, 0.4) is 0 Å². The fraction of sp³-hybridized carbons (Fsp3) is 0.357. The summed E-state index contributed by atoms with van der Waals surface area (Å²) < 4.78 is 1.34. The fourth-order valence-corrected chi connectivity index (χ4v) is 3.29. The summed E-state index contributed by atoms with van der Waals surface area (Å²) in [5.74, 6) is 0.175. The van der Waals surface area contributed by atoms with E-state index in [4.69, 9.17) is 0 Å². The molecule has 1 aliphatic rings. The molecular weight excluding hydrogens is 244 g/mol. The van der Waals surface area contributed by atoms with Crippen LogP contribution in [0.15, 0.2) is 29.6 Å². The molecule has 1 amide bonds. The van der Waals surface area contributed by atoms with Gasteiger partial charge in [-0.3, -0.25) is 4.79 Å². The van der Waals surface area contributed by atoms with Gasteiger partial charge in [-0.05, 0) is 28.8 Å². The lowest BCUT2D eigenvalue weighted by molar-refractivity contribution is -0.122. The van der Waals surface area contributed by atoms with Crippen molar-refractivity contribution in [2.24, 2.45) is 0 Å². The Kier molecular flexibility index (Phi) is 3.30. The minimum atomic E-state index is 0.175. The maximum Gasteiger partial charge on any atom is 0.220 e. The molecule has 1 saturated heterocycles. The van der Waals surface area contributed by atoms with Crippen LogP contribution in [0, 0.1) is 0 Å². The zero-order valence-corrected chi connectivity index (χ0v) is 10.9. The van der Waals surface area contributed by atoms with Crippen molar-refractivity contribution in [2.75, 3.05) is 6.54 Å². The number of carbonyl (C=O) groups excluding carboxylic acids is 1. The van der Waals surface area contributed by atoms with Crippen LogP contribution in [0.25, 0.3) is 10.1 Å². The van der Waals surface area contributed by atoms with Crippen molar-refractivity contribution in [1.29, 1.82) is 0 Å². The van der Waals surface area contributed by atoms with Crippen molar-refractivity contribution in [3.63, 3.8) is 0 Å². The lowest BCUT2D eigenvalue weighted by Crippen LogP contribution is -2.45. The Balaban J connectivity index is 1.64. The molecule has 0 aliphatic carbocycles. The number of nitrogens with one attached hydrogen (secondary N) is 2. The molecule has 0 radical (unpaired) electrons. The monoisotopic (exact) mass is 260 g/mol. The molecule has 1 atom stereocenters. The number of hydrogen-bond donors (Lipinski definition) is 2. The Bertz CT molecular complexity index is 554. The van der Waals surface area contributed by atoms with Crippen molar-refractivity contribution in [3.8, 4) is 0 Å². The van der Waals surface area contributed by atoms with Gasteiger partial charge in [0.15, 0.2) is 0 Å². The molecule has 1 aromatic carbocycles. The standard InChI is InChI=1S/C14H16N2OS/c17-14-6-5-11(8-16-14)15-7-10-9-18-13-4-2-1-3-12(10)13/h1-4,9,11,15H,5-8H2,(H,16,17). The number of hydrogen-bond acceptors (Lipinski definition) is 3. The zero-order chi connectivity index (χ0) is 12.4. The maximum atomic E-state index is 11.1. The van der Waals surface area contributed by atoms with Gasteiger partial charge in [-0.15, -0.1) is 11.3 Å². The van der Waals surface area contributed by atoms with Crippen LogP contribution in [0.1, 0.15) is 18.4 Å². The first-order valence-electron chi connectivity index (χ1n) is 6.28. The fourth-order valence-electron chi connectivity index (χ4n) is 2.33. The Labute approximate surface area is 110 Å². The Morgan fingerprint density at radius 1 is 1.39 bits per heavy atom. The molecule has 18 heavy (non-hydrogen) atoms. The lowest BCUT2D eigenvalue weighted by Gasteiger charge is -2.23. The van der Waals surface area contributed by atoms with Crippen LogP contribution in [0.4, 0.5) is 0 Å². The molecule has 0 saturated carbocycles. The third kappa shape index (κ3) is 2.40. The Hall–Kier alpha value is -1.39. The average Bonchev–Trinajstić information content (AvgIpc) is 2.82. The summed E-state index contributed by atoms with van der Waals surface area (Å²) in [7, 11) is 0. The number of thiophene rings is 1. The van der Waals surface area contributed by atoms with E-state index < -0.39 is 0 Å². The van der Waals surface area contributed by atoms with E-state index in [0.717, 1.165) is 19.5 Å². The molecule has 3 nitrogen and oxygen atoms in total. The van der Waals surface area contributed by atoms with Gasteiger partial charge in [0.05, 0.1) is 0 Å². The molecule has 1 aromatic heterocycles. The van der Waals surface area contributed by atoms with E-state index in [-0.39, 0.29) is 5.91 Å². The lowest BCUT2D eigenvalue weighted by atomic mass is 10.1. The van der Waals surface area contributed by atoms with E-state index in [1.54, 1.807) is 11.3 Å². The molecule has 4 heteroatoms. The van der Waals surface area contributed by atoms with Gasteiger partial charge in [0.1, 0.15) is 0 Å². The Morgan fingerprint density at radius 3 is 3.11 bits per heavy atom. The maximum absolute atomic E-state index is 11.1. The van der Waals surface area contributed by atoms with E-state index >= 15 is 0 Å². The molecule has 1 fully saturated rings. The Morgan fingerprint density at radius 2 is 2.28 bits per heavy atom. The molecule has 0 spiro atoms. The highest BCUT2D eigenvalue weighted by atomic mass is 32.1. The molecule has 94 valence electrons. The zero-order valence-electron chi connectivity index (χ0n) is 10.1. The van der Waals surface area contributed by atoms with Gasteiger partial charge in [-0.1, -0.05) is 18.2 Å². The molecule has 1 unspecified atom stereocenters. The summed E-state index contributed by atoms with van der Waals surface area (Å²) in [5.41, 5.74) is 1.35. The number of benzene rings is 1. The highest BCUT2D eigenvalue weighted by Gasteiger charge is 2.17. The second kappa shape index (κ2) is 5.08. The SMILES string of the molecule is O=C1CCC(NCc2csc3ccccc23)CN1. The molecule has 2 N–H and O–H groups in total. The highest BCUT2D eigenvalue weighted by Crippen LogP contribution is 2.25. The summed E-state index contributed by atoms with van der Waals surface area (Å²) in [5, 5.41) is 9.99. The number of amides is 1. The highest BCUT2D eigenvalue weighted by molar-refractivity contribution is 7.17. The summed E-state index contributed by atoms with van der Waals surface area (Å²) in [6, 6.07) is 8.89. The number of fused-ring (bicyclic) bond motifs is 1. The smallest absolute Gasteiger partial charge is 0.220 e. The van der Waals surface area contributed by atoms with Crippen LogP contribution in [-0.4, -0.2) is 18.5 Å². The third-order valence-electron chi connectivity index (χ3n) is 3.41. The predicted molar refractivity (Wildman–Crippen MR) is 74.7 cm³/mol. The van der Waals surface area contributed by atoms with Crippen LogP contribution in [0.5, 0.6) is 0 Å². The molecule has 2 heterocycles. The second-order valence-electron chi connectivity index (χ2n) is 4.68. The van der Waals surface area contributed by atoms with Gasteiger partial charge in [-0.2, -0.15) is 0 Å². The quantitative estimate of drug-likeness (QED) is 0.889. The van der Waals surface area contributed by atoms with Crippen molar-refractivity contribution < 1.29 is 4.79 Å². The van der Waals surface area contributed by atoms with Crippen molar-refractivity contribution in [1.82, 2.24) is 10.6 Å². The van der Waals surface area contributed by atoms with Crippen molar-refractivity contribution in [2.45, 2.75) is 25.4 Å². The van der Waals surface area contributed by atoms with E-state index in [1.165, 1.54) is 15.6 Å². The van der Waals surface area contributed by atoms with Crippen LogP contribution >= 0.6 is 11.3 Å². The van der Waals surface area contributed by atoms with Gasteiger partial charge < -0.3 is 10.6 Å². The summed E-state index contributed by atoms with van der Waals surface area (Å²) in [6.07, 6.45) is 1.58. The summed E-state index contributed by atoms with van der Waals surface area (Å²) in [6.45, 7) is 1.63. The molecule has 2 aromatic rings. The number of rotatable bonds is 3.